The van der Waals surface area contributed by atoms with E-state index in [0.29, 0.717) is 24.4 Å². The first kappa shape index (κ1) is 27.1. The Bertz CT molecular complexity index is 1150. The number of hydrogen-bond acceptors (Lipinski definition) is 3. The second kappa shape index (κ2) is 13.6. The fourth-order valence-corrected chi connectivity index (χ4v) is 6.22. The van der Waals surface area contributed by atoms with Crippen molar-refractivity contribution in [1.29, 1.82) is 0 Å². The van der Waals surface area contributed by atoms with Crippen LogP contribution in [0.15, 0.2) is 83.8 Å². The molecule has 37 heavy (non-hydrogen) atoms. The number of amides is 1. The average molecular weight is 525 g/mol. The third kappa shape index (κ3) is 8.04. The van der Waals surface area contributed by atoms with Gasteiger partial charge in [0.05, 0.1) is 10.8 Å². The smallest absolute Gasteiger partial charge is 0.239 e. The van der Waals surface area contributed by atoms with Crippen molar-refractivity contribution in [3.05, 3.63) is 102 Å². The maximum Gasteiger partial charge on any atom is 0.239 e. The second-order valence-corrected chi connectivity index (χ2v) is 11.2. The Balaban J connectivity index is 0.000000195. The predicted octanol–water partition coefficient (Wildman–Crippen LogP) is 5.94. The summed E-state index contributed by atoms with van der Waals surface area (Å²) in [4.78, 5) is 17.5. The first-order valence-corrected chi connectivity index (χ1v) is 14.2. The summed E-state index contributed by atoms with van der Waals surface area (Å²) in [6.07, 6.45) is 5.44. The van der Waals surface area contributed by atoms with Crippen LogP contribution in [-0.2, 0) is 28.7 Å². The van der Waals surface area contributed by atoms with Crippen LogP contribution >= 0.6 is 0 Å². The maximum atomic E-state index is 13.0. The number of benzene rings is 3. The zero-order chi connectivity index (χ0) is 26.0. The highest BCUT2D eigenvalue weighted by atomic mass is 32.2. The number of halogens is 2. The molecule has 2 aliphatic heterocycles. The summed E-state index contributed by atoms with van der Waals surface area (Å²) in [6, 6.07) is 22.1. The Labute approximate surface area is 220 Å². The van der Waals surface area contributed by atoms with Gasteiger partial charge in [0.1, 0.15) is 16.9 Å². The monoisotopic (exact) mass is 524 g/mol. The number of nitrogens with zero attached hydrogens (tertiary/aromatic N) is 2. The van der Waals surface area contributed by atoms with E-state index in [4.69, 9.17) is 0 Å². The molecule has 2 saturated heterocycles. The topological polar surface area (TPSA) is 40.6 Å². The van der Waals surface area contributed by atoms with Gasteiger partial charge in [-0.25, -0.2) is 8.78 Å². The van der Waals surface area contributed by atoms with Crippen LogP contribution in [0.5, 0.6) is 0 Å². The average Bonchev–Trinajstić information content (AvgIpc) is 2.93. The van der Waals surface area contributed by atoms with E-state index < -0.39 is 16.0 Å². The standard InChI is InChI=1S/C18H18FNO2S.C12H16FN/c19-15-10-8-14(9-11-15)13-20-12-4-7-17(18(20)21)23(22)16-5-2-1-3-6-16;13-12-6-4-11(5-7-12)10-14-8-2-1-3-9-14/h1-3,5-6,8-11,17H,4,7,12-13H2;4-7H,1-3,8-10H2. The Kier molecular flexibility index (Phi) is 9.97. The Morgan fingerprint density at radius 1 is 0.703 bits per heavy atom. The largest absolute Gasteiger partial charge is 0.337 e. The molecular weight excluding hydrogens is 490 g/mol. The van der Waals surface area contributed by atoms with Gasteiger partial charge in [0.25, 0.3) is 0 Å². The summed E-state index contributed by atoms with van der Waals surface area (Å²) in [6.45, 7) is 4.44. The van der Waals surface area contributed by atoms with Gasteiger partial charge in [-0.1, -0.05) is 48.9 Å². The lowest BCUT2D eigenvalue weighted by Gasteiger charge is -2.32. The predicted molar refractivity (Wildman–Crippen MR) is 143 cm³/mol. The van der Waals surface area contributed by atoms with Gasteiger partial charge >= 0.3 is 0 Å². The number of hydrogen-bond donors (Lipinski definition) is 0. The third-order valence-corrected chi connectivity index (χ3v) is 8.46. The zero-order valence-corrected chi connectivity index (χ0v) is 21.8. The lowest BCUT2D eigenvalue weighted by atomic mass is 10.1. The van der Waals surface area contributed by atoms with Crippen LogP contribution in [0.1, 0.15) is 43.2 Å². The minimum absolute atomic E-state index is 0.0808. The number of carbonyl (C=O) groups is 1. The summed E-state index contributed by atoms with van der Waals surface area (Å²) >= 11 is 0. The summed E-state index contributed by atoms with van der Waals surface area (Å²) in [5, 5.41) is -0.494. The molecule has 0 aromatic heterocycles. The molecule has 2 aliphatic rings. The van der Waals surface area contributed by atoms with Gasteiger partial charge in [-0.2, -0.15) is 0 Å². The van der Waals surface area contributed by atoms with Gasteiger partial charge in [0.2, 0.25) is 5.91 Å². The van der Waals surface area contributed by atoms with Crippen LogP contribution in [0.25, 0.3) is 0 Å². The van der Waals surface area contributed by atoms with Crippen LogP contribution in [0.3, 0.4) is 0 Å². The molecule has 0 radical (unpaired) electrons. The normalized spacial score (nSPS) is 19.1. The van der Waals surface area contributed by atoms with Crippen molar-refractivity contribution in [3.63, 3.8) is 0 Å². The SMILES string of the molecule is Fc1ccc(CN2CCCCC2)cc1.O=C1C(S(=O)c2ccccc2)CCCN1Cc1ccc(F)cc1. The van der Waals surface area contributed by atoms with Crippen molar-refractivity contribution >= 4 is 16.7 Å². The minimum atomic E-state index is -1.33. The van der Waals surface area contributed by atoms with E-state index in [1.807, 2.05) is 30.3 Å². The van der Waals surface area contributed by atoms with Crippen molar-refractivity contribution < 1.29 is 17.8 Å². The Morgan fingerprint density at radius 2 is 1.27 bits per heavy atom. The lowest BCUT2D eigenvalue weighted by molar-refractivity contribution is -0.133. The molecule has 1 amide bonds. The van der Waals surface area contributed by atoms with Crippen LogP contribution in [0.2, 0.25) is 0 Å². The Hall–Kier alpha value is -2.90. The molecule has 0 spiro atoms. The van der Waals surface area contributed by atoms with Crippen LogP contribution in [0, 0.1) is 11.6 Å². The van der Waals surface area contributed by atoms with Gasteiger partial charge in [0, 0.05) is 24.5 Å². The van der Waals surface area contributed by atoms with E-state index in [1.54, 1.807) is 41.3 Å². The maximum absolute atomic E-state index is 13.0. The highest BCUT2D eigenvalue weighted by molar-refractivity contribution is 7.86. The lowest BCUT2D eigenvalue weighted by Crippen LogP contribution is -2.45. The molecular formula is C30H34F2N2O2S. The van der Waals surface area contributed by atoms with Gasteiger partial charge < -0.3 is 4.90 Å². The van der Waals surface area contributed by atoms with Crippen LogP contribution in [-0.4, -0.2) is 44.8 Å². The molecule has 4 nitrogen and oxygen atoms in total. The first-order valence-electron chi connectivity index (χ1n) is 13.0. The van der Waals surface area contributed by atoms with Gasteiger partial charge in [-0.3, -0.25) is 13.9 Å². The molecule has 7 heteroatoms. The molecule has 2 fully saturated rings. The number of likely N-dealkylation sites (tertiary alicyclic amines) is 2. The summed E-state index contributed by atoms with van der Waals surface area (Å²) < 4.78 is 38.3. The van der Waals surface area contributed by atoms with Gasteiger partial charge in [-0.15, -0.1) is 0 Å². The second-order valence-electron chi connectivity index (χ2n) is 9.59. The van der Waals surface area contributed by atoms with Crippen molar-refractivity contribution in [2.24, 2.45) is 0 Å². The Morgan fingerprint density at radius 3 is 1.86 bits per heavy atom. The first-order chi connectivity index (χ1) is 18.0. The molecule has 3 aromatic carbocycles. The molecule has 196 valence electrons. The molecule has 3 aromatic rings. The molecule has 0 aliphatic carbocycles. The molecule has 2 atom stereocenters. The van der Waals surface area contributed by atoms with Crippen LogP contribution < -0.4 is 0 Å². The van der Waals surface area contributed by atoms with Crippen molar-refractivity contribution in [1.82, 2.24) is 9.80 Å². The molecule has 0 bridgehead atoms. The molecule has 2 heterocycles. The fourth-order valence-electron chi connectivity index (χ4n) is 4.76. The highest BCUT2D eigenvalue weighted by Gasteiger charge is 2.33. The van der Waals surface area contributed by atoms with E-state index >= 15 is 0 Å². The summed E-state index contributed by atoms with van der Waals surface area (Å²) in [7, 11) is -1.33. The van der Waals surface area contributed by atoms with E-state index in [9.17, 15) is 17.8 Å². The third-order valence-electron chi connectivity index (χ3n) is 6.77. The van der Waals surface area contributed by atoms with Gasteiger partial charge in [0.15, 0.2) is 0 Å². The zero-order valence-electron chi connectivity index (χ0n) is 21.0. The van der Waals surface area contributed by atoms with E-state index in [-0.39, 0.29) is 17.5 Å². The fraction of sp³-hybridized carbons (Fsp3) is 0.367. The molecule has 5 rings (SSSR count). The van der Waals surface area contributed by atoms with E-state index in [1.165, 1.54) is 50.0 Å². The van der Waals surface area contributed by atoms with Crippen molar-refractivity contribution in [2.45, 2.75) is 55.3 Å². The van der Waals surface area contributed by atoms with Crippen LogP contribution in [0.4, 0.5) is 8.78 Å². The quantitative estimate of drug-likeness (QED) is 0.401. The highest BCUT2D eigenvalue weighted by Crippen LogP contribution is 2.23. The number of carbonyl (C=O) groups excluding carboxylic acids is 1. The minimum Gasteiger partial charge on any atom is -0.337 e. The molecule has 0 N–H and O–H groups in total. The molecule has 2 unspecified atom stereocenters. The number of rotatable bonds is 6. The number of piperidine rings is 2. The van der Waals surface area contributed by atoms with Crippen molar-refractivity contribution in [2.75, 3.05) is 19.6 Å². The summed E-state index contributed by atoms with van der Waals surface area (Å²) in [5.74, 6) is -0.517. The van der Waals surface area contributed by atoms with E-state index in [2.05, 4.69) is 4.90 Å². The summed E-state index contributed by atoms with van der Waals surface area (Å²) in [5.41, 5.74) is 2.10. The molecule has 0 saturated carbocycles. The van der Waals surface area contributed by atoms with Crippen molar-refractivity contribution in [3.8, 4) is 0 Å². The van der Waals surface area contributed by atoms with E-state index in [0.717, 1.165) is 18.5 Å². The van der Waals surface area contributed by atoms with Gasteiger partial charge in [-0.05, 0) is 86.3 Å².